The van der Waals surface area contributed by atoms with E-state index < -0.39 is 21.4 Å². The SMILES string of the molecule is COc1cc(C=O)c(OCc2c([C]3=CC=[N][Sn]3)ncc3ccccc23)cn1. The minimum absolute atomic E-state index is 0.287. The Labute approximate surface area is 166 Å². The third-order valence-electron chi connectivity index (χ3n) is 4.24. The Morgan fingerprint density at radius 2 is 2.07 bits per heavy atom. The first-order chi connectivity index (χ1) is 13.3. The van der Waals surface area contributed by atoms with E-state index in [0.717, 1.165) is 28.3 Å². The Bertz CT molecular complexity index is 1080. The predicted molar refractivity (Wildman–Crippen MR) is 104 cm³/mol. The van der Waals surface area contributed by atoms with E-state index in [4.69, 9.17) is 9.47 Å². The van der Waals surface area contributed by atoms with Crippen LogP contribution in [0.2, 0.25) is 0 Å². The molecule has 3 aromatic rings. The first kappa shape index (κ1) is 17.7. The van der Waals surface area contributed by atoms with E-state index >= 15 is 0 Å². The Kier molecular flexibility index (Phi) is 5.15. The minimum atomic E-state index is -0.993. The van der Waals surface area contributed by atoms with Crippen LogP contribution in [-0.4, -0.2) is 51.0 Å². The summed E-state index contributed by atoms with van der Waals surface area (Å²) in [6, 6.07) is 9.64. The average molecular weight is 464 g/mol. The van der Waals surface area contributed by atoms with Crippen LogP contribution in [0.1, 0.15) is 21.6 Å². The summed E-state index contributed by atoms with van der Waals surface area (Å²) in [6.07, 6.45) is 8.04. The van der Waals surface area contributed by atoms with Gasteiger partial charge in [0.25, 0.3) is 0 Å². The molecule has 0 fully saturated rings. The maximum absolute atomic E-state index is 11.4. The molecule has 0 bridgehead atoms. The normalized spacial score (nSPS) is 12.9. The summed E-state index contributed by atoms with van der Waals surface area (Å²) in [5.41, 5.74) is 2.34. The molecular formula is C20H15N3O3Sn. The van der Waals surface area contributed by atoms with Crippen LogP contribution in [0.5, 0.6) is 11.6 Å². The first-order valence-electron chi connectivity index (χ1n) is 8.28. The fourth-order valence-corrected chi connectivity index (χ4v) is 5.07. The standard InChI is InChI=1S/C20H15N3O3.Sn/c1-25-20-9-15(12-24)19(11-23-20)26-13-17-16-6-3-2-5-14(16)10-22-18(17)7-4-8-21;/h2-6,8-12H,13H2,1H3;/q-1;+1. The number of fused-ring (bicyclic) bond motifs is 1. The van der Waals surface area contributed by atoms with Gasteiger partial charge in [0.1, 0.15) is 0 Å². The summed E-state index contributed by atoms with van der Waals surface area (Å²) >= 11 is -0.993. The van der Waals surface area contributed by atoms with Crippen LogP contribution < -0.4 is 9.47 Å². The molecule has 2 radical (unpaired) electrons. The number of aromatic nitrogens is 2. The number of allylic oxidation sites excluding steroid dienone is 1. The quantitative estimate of drug-likeness (QED) is 0.415. The number of pyridine rings is 2. The van der Waals surface area contributed by atoms with Crippen molar-refractivity contribution < 1.29 is 14.3 Å². The van der Waals surface area contributed by atoms with Gasteiger partial charge in [-0.15, -0.1) is 0 Å². The Hall–Kier alpha value is -2.74. The van der Waals surface area contributed by atoms with Gasteiger partial charge in [0.05, 0.1) is 0 Å². The van der Waals surface area contributed by atoms with E-state index in [-0.39, 0.29) is 6.61 Å². The topological polar surface area (TPSA) is 73.7 Å². The molecule has 1 aliphatic heterocycles. The zero-order valence-electron chi connectivity index (χ0n) is 14.5. The van der Waals surface area contributed by atoms with Crippen molar-refractivity contribution in [2.45, 2.75) is 6.61 Å². The van der Waals surface area contributed by atoms with Crippen LogP contribution in [0, 0.1) is 0 Å². The van der Waals surface area contributed by atoms with E-state index in [1.165, 1.54) is 16.9 Å². The van der Waals surface area contributed by atoms with Crippen molar-refractivity contribution in [3.8, 4) is 11.6 Å². The molecule has 4 rings (SSSR count). The van der Waals surface area contributed by atoms with Gasteiger partial charge in [-0.3, -0.25) is 0 Å². The fourth-order valence-electron chi connectivity index (χ4n) is 2.90. The summed E-state index contributed by atoms with van der Waals surface area (Å²) in [5, 5.41) is 2.14. The molecule has 132 valence electrons. The molecule has 0 N–H and O–H groups in total. The van der Waals surface area contributed by atoms with Gasteiger partial charge < -0.3 is 0 Å². The van der Waals surface area contributed by atoms with Gasteiger partial charge >= 0.3 is 167 Å². The number of ether oxygens (including phenoxy) is 2. The van der Waals surface area contributed by atoms with Gasteiger partial charge in [0.2, 0.25) is 0 Å². The van der Waals surface area contributed by atoms with Crippen LogP contribution in [0.15, 0.2) is 52.0 Å². The number of benzene rings is 1. The number of carbonyl (C=O) groups is 1. The number of aldehydes is 1. The van der Waals surface area contributed by atoms with E-state index in [9.17, 15) is 4.79 Å². The molecule has 2 aromatic heterocycles. The molecule has 0 spiro atoms. The molecule has 7 heteroatoms. The molecule has 0 atom stereocenters. The van der Waals surface area contributed by atoms with E-state index in [1.807, 2.05) is 36.7 Å². The van der Waals surface area contributed by atoms with Gasteiger partial charge in [-0.1, -0.05) is 0 Å². The summed E-state index contributed by atoms with van der Waals surface area (Å²) in [6.45, 7) is 0.287. The summed E-state index contributed by atoms with van der Waals surface area (Å²) in [4.78, 5) is 20.2. The predicted octanol–water partition coefficient (Wildman–Crippen LogP) is 3.07. The number of hydrogen-bond donors (Lipinski definition) is 0. The maximum atomic E-state index is 11.4. The number of methoxy groups -OCH3 is 1. The van der Waals surface area contributed by atoms with Crippen LogP contribution in [0.3, 0.4) is 0 Å². The summed E-state index contributed by atoms with van der Waals surface area (Å²) in [7, 11) is 1.51. The zero-order chi connectivity index (χ0) is 18.6. The molecule has 6 nitrogen and oxygen atoms in total. The molecule has 0 aliphatic carbocycles. The van der Waals surface area contributed by atoms with Gasteiger partial charge in [-0.05, 0) is 0 Å². The van der Waals surface area contributed by atoms with Crippen molar-refractivity contribution in [3.63, 3.8) is 0 Å². The van der Waals surface area contributed by atoms with E-state index in [2.05, 4.69) is 19.2 Å². The molecule has 0 amide bonds. The van der Waals surface area contributed by atoms with Gasteiger partial charge in [0, 0.05) is 0 Å². The molecule has 27 heavy (non-hydrogen) atoms. The van der Waals surface area contributed by atoms with Gasteiger partial charge in [-0.2, -0.15) is 0 Å². The fraction of sp³-hybridized carbons (Fsp3) is 0.100. The number of hydrogen-bond acceptors (Lipinski definition) is 6. The summed E-state index contributed by atoms with van der Waals surface area (Å²) in [5.74, 6) is 0.791. The second-order valence-electron chi connectivity index (χ2n) is 5.81. The molecule has 0 unspecified atom stereocenters. The van der Waals surface area contributed by atoms with Crippen LogP contribution in [-0.2, 0) is 6.61 Å². The molecule has 1 aromatic carbocycles. The van der Waals surface area contributed by atoms with Crippen LogP contribution >= 0.6 is 0 Å². The van der Waals surface area contributed by atoms with Crippen molar-refractivity contribution >= 4 is 48.3 Å². The molecule has 1 aliphatic rings. The molecule has 0 saturated carbocycles. The van der Waals surface area contributed by atoms with Crippen LogP contribution in [0.25, 0.3) is 14.4 Å². The Morgan fingerprint density at radius 3 is 2.85 bits per heavy atom. The third-order valence-corrected chi connectivity index (χ3v) is 6.87. The number of nitrogens with zero attached hydrogens (tertiary/aromatic N) is 3. The molecule has 3 heterocycles. The third kappa shape index (κ3) is 3.57. The monoisotopic (exact) mass is 465 g/mol. The van der Waals surface area contributed by atoms with E-state index in [0.29, 0.717) is 17.2 Å². The second kappa shape index (κ2) is 7.87. The van der Waals surface area contributed by atoms with Crippen molar-refractivity contribution in [3.05, 3.63) is 65.6 Å². The molecular weight excluding hydrogens is 449 g/mol. The second-order valence-corrected chi connectivity index (χ2v) is 8.73. The van der Waals surface area contributed by atoms with Gasteiger partial charge in [0.15, 0.2) is 0 Å². The number of carbonyl (C=O) groups excluding carboxylic acids is 1. The van der Waals surface area contributed by atoms with Crippen molar-refractivity contribution in [1.82, 2.24) is 9.97 Å². The summed E-state index contributed by atoms with van der Waals surface area (Å²) < 4.78 is 16.7. The van der Waals surface area contributed by atoms with Gasteiger partial charge in [-0.25, -0.2) is 0 Å². The van der Waals surface area contributed by atoms with Crippen LogP contribution in [0.4, 0.5) is 0 Å². The zero-order valence-corrected chi connectivity index (χ0v) is 17.4. The van der Waals surface area contributed by atoms with Crippen molar-refractivity contribution in [2.75, 3.05) is 7.11 Å². The average Bonchev–Trinajstić information content (AvgIpc) is 3.26. The van der Waals surface area contributed by atoms with Crippen molar-refractivity contribution in [1.29, 1.82) is 0 Å². The first-order valence-corrected chi connectivity index (χ1v) is 11.0. The molecule has 0 saturated heterocycles. The Morgan fingerprint density at radius 1 is 1.19 bits per heavy atom. The van der Waals surface area contributed by atoms with Crippen molar-refractivity contribution in [2.24, 2.45) is 3.21 Å². The number of rotatable bonds is 6. The Balaban J connectivity index is 1.73. The van der Waals surface area contributed by atoms with E-state index in [1.54, 1.807) is 6.07 Å².